The van der Waals surface area contributed by atoms with Crippen molar-refractivity contribution in [2.45, 2.75) is 45.2 Å². The molecule has 1 unspecified atom stereocenters. The lowest BCUT2D eigenvalue weighted by molar-refractivity contribution is 0.187. The van der Waals surface area contributed by atoms with Gasteiger partial charge in [-0.25, -0.2) is 0 Å². The minimum Gasteiger partial charge on any atom is -0.383 e. The maximum absolute atomic E-state index is 5.13. The second kappa shape index (κ2) is 6.22. The summed E-state index contributed by atoms with van der Waals surface area (Å²) in [4.78, 5) is 0. The van der Waals surface area contributed by atoms with Crippen LogP contribution in [-0.4, -0.2) is 24.8 Å². The number of methoxy groups -OCH3 is 1. The molecule has 0 aliphatic heterocycles. The number of rotatable bonds is 6. The molecule has 0 bridgehead atoms. The maximum Gasteiger partial charge on any atom is 0.0641 e. The first kappa shape index (κ1) is 12.7. The van der Waals surface area contributed by atoms with Crippen LogP contribution >= 0.6 is 0 Å². The molecule has 1 aliphatic carbocycles. The monoisotopic (exact) mass is 236 g/mol. The smallest absolute Gasteiger partial charge is 0.0641 e. The van der Waals surface area contributed by atoms with E-state index in [4.69, 9.17) is 4.74 Å². The molecule has 0 saturated carbocycles. The van der Waals surface area contributed by atoms with Crippen molar-refractivity contribution in [1.82, 2.24) is 9.88 Å². The Kier molecular flexibility index (Phi) is 4.63. The van der Waals surface area contributed by atoms with E-state index in [1.165, 1.54) is 36.8 Å². The van der Waals surface area contributed by atoms with Crippen molar-refractivity contribution in [3.63, 3.8) is 0 Å². The van der Waals surface area contributed by atoms with E-state index in [9.17, 15) is 0 Å². The van der Waals surface area contributed by atoms with Crippen LogP contribution in [0, 0.1) is 0 Å². The van der Waals surface area contributed by atoms with Gasteiger partial charge in [0.2, 0.25) is 0 Å². The molecule has 3 heteroatoms. The molecule has 0 saturated heterocycles. The molecule has 0 amide bonds. The number of hydrogen-bond donors (Lipinski definition) is 1. The Morgan fingerprint density at radius 2 is 2.35 bits per heavy atom. The number of nitrogens with zero attached hydrogens (tertiary/aromatic N) is 1. The Labute approximate surface area is 104 Å². The molecule has 0 aromatic carbocycles. The highest BCUT2D eigenvalue weighted by Gasteiger charge is 2.21. The van der Waals surface area contributed by atoms with Gasteiger partial charge in [-0.2, -0.15) is 0 Å². The van der Waals surface area contributed by atoms with E-state index >= 15 is 0 Å². The van der Waals surface area contributed by atoms with Crippen LogP contribution in [0.15, 0.2) is 12.4 Å². The quantitative estimate of drug-likeness (QED) is 0.821. The van der Waals surface area contributed by atoms with Crippen LogP contribution in [0.1, 0.15) is 43.4 Å². The number of aryl methyl sites for hydroxylation is 1. The van der Waals surface area contributed by atoms with E-state index in [1.54, 1.807) is 7.11 Å². The molecule has 3 nitrogen and oxygen atoms in total. The summed E-state index contributed by atoms with van der Waals surface area (Å²) in [5.41, 5.74) is 3.04. The molecule has 1 atom stereocenters. The summed E-state index contributed by atoms with van der Waals surface area (Å²) in [6.45, 7) is 5.10. The van der Waals surface area contributed by atoms with Gasteiger partial charge in [0.05, 0.1) is 6.61 Å². The van der Waals surface area contributed by atoms with E-state index < -0.39 is 0 Å². The van der Waals surface area contributed by atoms with Crippen LogP contribution < -0.4 is 5.32 Å². The Morgan fingerprint density at radius 3 is 3.12 bits per heavy atom. The van der Waals surface area contributed by atoms with E-state index in [-0.39, 0.29) is 0 Å². The molecule has 0 fully saturated rings. The largest absolute Gasteiger partial charge is 0.383 e. The predicted octanol–water partition coefficient (Wildman–Crippen LogP) is 2.51. The minimum atomic E-state index is 0.572. The maximum atomic E-state index is 5.13. The second-order valence-electron chi connectivity index (χ2n) is 4.87. The van der Waals surface area contributed by atoms with Gasteiger partial charge < -0.3 is 14.6 Å². The molecule has 96 valence electrons. The number of aromatic nitrogens is 1. The Bertz CT molecular complexity index is 346. The standard InChI is InChI=1S/C14H24N2O/c1-3-7-15-14-6-4-5-12-10-16(8-9-17-2)11-13(12)14/h10-11,14-15H,3-9H2,1-2H3. The summed E-state index contributed by atoms with van der Waals surface area (Å²) in [6, 6.07) is 0.572. The average molecular weight is 236 g/mol. The normalized spacial score (nSPS) is 19.3. The van der Waals surface area contributed by atoms with Gasteiger partial charge in [-0.05, 0) is 43.4 Å². The summed E-state index contributed by atoms with van der Waals surface area (Å²) in [5, 5.41) is 3.65. The van der Waals surface area contributed by atoms with E-state index in [2.05, 4.69) is 29.2 Å². The Hall–Kier alpha value is -0.800. The number of nitrogens with one attached hydrogen (secondary N) is 1. The number of fused-ring (bicyclic) bond motifs is 1. The number of hydrogen-bond acceptors (Lipinski definition) is 2. The van der Waals surface area contributed by atoms with Crippen molar-refractivity contribution in [3.05, 3.63) is 23.5 Å². The van der Waals surface area contributed by atoms with Crippen molar-refractivity contribution in [1.29, 1.82) is 0 Å². The van der Waals surface area contributed by atoms with Gasteiger partial charge in [0.15, 0.2) is 0 Å². The molecule has 1 heterocycles. The Balaban J connectivity index is 2.05. The van der Waals surface area contributed by atoms with Crippen molar-refractivity contribution >= 4 is 0 Å². The van der Waals surface area contributed by atoms with E-state index in [1.807, 2.05) is 0 Å². The van der Waals surface area contributed by atoms with Crippen LogP contribution in [0.2, 0.25) is 0 Å². The zero-order chi connectivity index (χ0) is 12.1. The van der Waals surface area contributed by atoms with Gasteiger partial charge in [0, 0.05) is 32.1 Å². The molecule has 2 rings (SSSR count). The molecule has 0 radical (unpaired) electrons. The van der Waals surface area contributed by atoms with Crippen molar-refractivity contribution in [3.8, 4) is 0 Å². The van der Waals surface area contributed by atoms with Crippen LogP contribution in [0.5, 0.6) is 0 Å². The Morgan fingerprint density at radius 1 is 1.47 bits per heavy atom. The lowest BCUT2D eigenvalue weighted by Gasteiger charge is -2.23. The highest BCUT2D eigenvalue weighted by molar-refractivity contribution is 5.30. The van der Waals surface area contributed by atoms with Crippen LogP contribution in [-0.2, 0) is 17.7 Å². The van der Waals surface area contributed by atoms with Gasteiger partial charge in [0.1, 0.15) is 0 Å². The van der Waals surface area contributed by atoms with Gasteiger partial charge in [0.25, 0.3) is 0 Å². The highest BCUT2D eigenvalue weighted by atomic mass is 16.5. The van der Waals surface area contributed by atoms with Gasteiger partial charge >= 0.3 is 0 Å². The highest BCUT2D eigenvalue weighted by Crippen LogP contribution is 2.30. The summed E-state index contributed by atoms with van der Waals surface area (Å²) in [6.07, 6.45) is 9.63. The minimum absolute atomic E-state index is 0.572. The van der Waals surface area contributed by atoms with Crippen LogP contribution in [0.25, 0.3) is 0 Å². The fourth-order valence-electron chi connectivity index (χ4n) is 2.60. The lowest BCUT2D eigenvalue weighted by atomic mass is 9.91. The molecule has 1 N–H and O–H groups in total. The summed E-state index contributed by atoms with van der Waals surface area (Å²) >= 11 is 0. The molecule has 1 aliphatic rings. The summed E-state index contributed by atoms with van der Waals surface area (Å²) in [7, 11) is 1.76. The van der Waals surface area contributed by atoms with E-state index in [0.29, 0.717) is 6.04 Å². The third-order valence-electron chi connectivity index (χ3n) is 3.51. The first-order valence-electron chi connectivity index (χ1n) is 6.76. The van der Waals surface area contributed by atoms with Crippen LogP contribution in [0.4, 0.5) is 0 Å². The third-order valence-corrected chi connectivity index (χ3v) is 3.51. The number of ether oxygens (including phenoxy) is 1. The van der Waals surface area contributed by atoms with Crippen LogP contribution in [0.3, 0.4) is 0 Å². The van der Waals surface area contributed by atoms with Gasteiger partial charge in [-0.1, -0.05) is 6.92 Å². The summed E-state index contributed by atoms with van der Waals surface area (Å²) < 4.78 is 7.41. The average Bonchev–Trinajstić information content (AvgIpc) is 2.77. The SMILES string of the molecule is CCCNC1CCCc2cn(CCOC)cc21. The fraction of sp³-hybridized carbons (Fsp3) is 0.714. The molecule has 1 aromatic rings. The van der Waals surface area contributed by atoms with Crippen molar-refractivity contribution < 1.29 is 4.74 Å². The first-order chi connectivity index (χ1) is 8.35. The second-order valence-corrected chi connectivity index (χ2v) is 4.87. The lowest BCUT2D eigenvalue weighted by Crippen LogP contribution is -2.24. The zero-order valence-corrected chi connectivity index (χ0v) is 11.0. The van der Waals surface area contributed by atoms with Crippen molar-refractivity contribution in [2.24, 2.45) is 0 Å². The molecule has 17 heavy (non-hydrogen) atoms. The van der Waals surface area contributed by atoms with E-state index in [0.717, 1.165) is 19.7 Å². The third kappa shape index (κ3) is 3.11. The first-order valence-corrected chi connectivity index (χ1v) is 6.76. The molecule has 1 aromatic heterocycles. The fourth-order valence-corrected chi connectivity index (χ4v) is 2.60. The topological polar surface area (TPSA) is 26.2 Å². The van der Waals surface area contributed by atoms with Gasteiger partial charge in [-0.15, -0.1) is 0 Å². The molecular formula is C14H24N2O. The van der Waals surface area contributed by atoms with Crippen molar-refractivity contribution in [2.75, 3.05) is 20.3 Å². The summed E-state index contributed by atoms with van der Waals surface area (Å²) in [5.74, 6) is 0. The molecular weight excluding hydrogens is 212 g/mol. The molecule has 0 spiro atoms. The zero-order valence-electron chi connectivity index (χ0n) is 11.0. The van der Waals surface area contributed by atoms with Gasteiger partial charge in [-0.3, -0.25) is 0 Å². The predicted molar refractivity (Wildman–Crippen MR) is 70.3 cm³/mol.